The van der Waals surface area contributed by atoms with E-state index in [0.717, 1.165) is 0 Å². The van der Waals surface area contributed by atoms with Gasteiger partial charge in [-0.15, -0.1) is 0 Å². The second kappa shape index (κ2) is 14.2. The first-order chi connectivity index (χ1) is 16.0. The summed E-state index contributed by atoms with van der Waals surface area (Å²) in [4.78, 5) is 60.5. The minimum atomic E-state index is -1.45. The Morgan fingerprint density at radius 1 is 0.912 bits per heavy atom. The van der Waals surface area contributed by atoms with Crippen molar-refractivity contribution < 1.29 is 34.2 Å². The van der Waals surface area contributed by atoms with Crippen LogP contribution in [0.4, 0.5) is 0 Å². The second-order valence-corrected chi connectivity index (χ2v) is 8.47. The number of thiol groups is 1. The maximum absolute atomic E-state index is 13.0. The Labute approximate surface area is 203 Å². The van der Waals surface area contributed by atoms with Gasteiger partial charge >= 0.3 is 11.9 Å². The van der Waals surface area contributed by atoms with Crippen LogP contribution < -0.4 is 21.7 Å². The molecule has 0 radical (unpaired) electrons. The van der Waals surface area contributed by atoms with Crippen molar-refractivity contribution in [3.8, 4) is 0 Å². The summed E-state index contributed by atoms with van der Waals surface area (Å²) in [6.45, 7) is 3.41. The molecule has 4 unspecified atom stereocenters. The molecule has 0 saturated heterocycles. The summed E-state index contributed by atoms with van der Waals surface area (Å²) in [6.07, 6.45) is -0.743. The molecule has 7 N–H and O–H groups in total. The summed E-state index contributed by atoms with van der Waals surface area (Å²) >= 11 is 3.97. The van der Waals surface area contributed by atoms with Crippen LogP contribution in [0.2, 0.25) is 0 Å². The number of amides is 3. The summed E-state index contributed by atoms with van der Waals surface area (Å²) in [5.74, 6) is -4.90. The van der Waals surface area contributed by atoms with Crippen LogP contribution >= 0.6 is 12.6 Å². The number of nitrogens with two attached hydrogens (primary N) is 1. The van der Waals surface area contributed by atoms with E-state index in [-0.39, 0.29) is 24.5 Å². The molecular formula is C22H32N4O7S. The number of benzene rings is 1. The predicted octanol–water partition coefficient (Wildman–Crippen LogP) is -0.454. The Morgan fingerprint density at radius 2 is 1.50 bits per heavy atom. The third kappa shape index (κ3) is 9.79. The molecule has 0 aromatic heterocycles. The molecule has 34 heavy (non-hydrogen) atoms. The van der Waals surface area contributed by atoms with Crippen molar-refractivity contribution >= 4 is 42.3 Å². The van der Waals surface area contributed by atoms with Crippen LogP contribution in [0.25, 0.3) is 0 Å². The number of hydrogen-bond acceptors (Lipinski definition) is 7. The van der Waals surface area contributed by atoms with E-state index in [1.807, 2.05) is 0 Å². The standard InChI is InChI=1S/C22H32N4O7S/c1-12(2)18(26-19(29)14(23)11-34)21(31)25-16(10-13-6-4-3-5-7-13)20(30)24-15(22(32)33)8-9-17(27)28/h3-7,12,14-16,18,34H,8-11,23H2,1-2H3,(H,24,30)(H,25,31)(H,26,29)(H,27,28)(H,32,33). The van der Waals surface area contributed by atoms with Gasteiger partial charge in [-0.1, -0.05) is 44.2 Å². The Kier molecular flexibility index (Phi) is 12.1. The molecule has 188 valence electrons. The van der Waals surface area contributed by atoms with Crippen LogP contribution in [0.15, 0.2) is 30.3 Å². The van der Waals surface area contributed by atoms with Crippen molar-refractivity contribution in [3.05, 3.63) is 35.9 Å². The molecule has 0 aliphatic rings. The summed E-state index contributed by atoms with van der Waals surface area (Å²) in [7, 11) is 0. The lowest BCUT2D eigenvalue weighted by atomic mass is 10.00. The normalized spacial score (nSPS) is 14.4. The number of carboxylic acids is 2. The minimum absolute atomic E-state index is 0.0403. The van der Waals surface area contributed by atoms with Crippen molar-refractivity contribution in [2.45, 2.75) is 57.3 Å². The molecule has 12 heteroatoms. The molecule has 0 fully saturated rings. The number of carbonyl (C=O) groups is 5. The maximum Gasteiger partial charge on any atom is 0.326 e. The SMILES string of the molecule is CC(C)C(NC(=O)C(N)CS)C(=O)NC(Cc1ccccc1)C(=O)NC(CCC(=O)O)C(=O)O. The van der Waals surface area contributed by atoms with E-state index in [1.165, 1.54) is 0 Å². The zero-order valence-electron chi connectivity index (χ0n) is 19.1. The first kappa shape index (κ1) is 28.9. The van der Waals surface area contributed by atoms with Crippen LogP contribution in [0, 0.1) is 5.92 Å². The fourth-order valence-corrected chi connectivity index (χ4v) is 3.16. The van der Waals surface area contributed by atoms with Crippen LogP contribution in [-0.4, -0.2) is 69.8 Å². The molecule has 0 aliphatic heterocycles. The molecule has 1 aromatic carbocycles. The highest BCUT2D eigenvalue weighted by molar-refractivity contribution is 7.80. The third-order valence-corrected chi connectivity index (χ3v) is 5.35. The van der Waals surface area contributed by atoms with E-state index < -0.39 is 60.2 Å². The van der Waals surface area contributed by atoms with Gasteiger partial charge in [-0.2, -0.15) is 12.6 Å². The summed E-state index contributed by atoms with van der Waals surface area (Å²) < 4.78 is 0. The van der Waals surface area contributed by atoms with Crippen LogP contribution in [0.3, 0.4) is 0 Å². The Bertz CT molecular complexity index is 866. The van der Waals surface area contributed by atoms with Crippen LogP contribution in [-0.2, 0) is 30.4 Å². The second-order valence-electron chi connectivity index (χ2n) is 8.10. The Morgan fingerprint density at radius 3 is 2.00 bits per heavy atom. The molecule has 11 nitrogen and oxygen atoms in total. The van der Waals surface area contributed by atoms with Gasteiger partial charge in [0.15, 0.2) is 0 Å². The number of rotatable bonds is 14. The van der Waals surface area contributed by atoms with Crippen molar-refractivity contribution in [1.82, 2.24) is 16.0 Å². The first-order valence-corrected chi connectivity index (χ1v) is 11.4. The fourth-order valence-electron chi connectivity index (χ4n) is 3.00. The number of nitrogens with one attached hydrogen (secondary N) is 3. The molecule has 0 aliphatic carbocycles. The minimum Gasteiger partial charge on any atom is -0.481 e. The van der Waals surface area contributed by atoms with E-state index in [9.17, 15) is 29.1 Å². The molecule has 1 aromatic rings. The highest BCUT2D eigenvalue weighted by atomic mass is 32.1. The van der Waals surface area contributed by atoms with Gasteiger partial charge < -0.3 is 31.9 Å². The molecule has 1 rings (SSSR count). The van der Waals surface area contributed by atoms with Crippen molar-refractivity contribution in [1.29, 1.82) is 0 Å². The Balaban J connectivity index is 3.08. The van der Waals surface area contributed by atoms with Gasteiger partial charge in [0, 0.05) is 18.6 Å². The van der Waals surface area contributed by atoms with Gasteiger partial charge in [0.2, 0.25) is 17.7 Å². The molecule has 4 atom stereocenters. The quantitative estimate of drug-likeness (QED) is 0.169. The average molecular weight is 497 g/mol. The number of aliphatic carboxylic acids is 2. The van der Waals surface area contributed by atoms with Crippen molar-refractivity contribution in [2.24, 2.45) is 11.7 Å². The summed E-state index contributed by atoms with van der Waals surface area (Å²) in [5, 5.41) is 25.6. The number of carbonyl (C=O) groups excluding carboxylic acids is 3. The van der Waals surface area contributed by atoms with E-state index in [2.05, 4.69) is 28.6 Å². The number of carboxylic acid groups (broad SMARTS) is 2. The van der Waals surface area contributed by atoms with Gasteiger partial charge in [0.25, 0.3) is 0 Å². The molecule has 0 spiro atoms. The Hall–Kier alpha value is -3.12. The molecule has 0 heterocycles. The molecule has 0 bridgehead atoms. The van der Waals surface area contributed by atoms with Gasteiger partial charge in [-0.05, 0) is 17.9 Å². The molecule has 0 saturated carbocycles. The third-order valence-electron chi connectivity index (χ3n) is 4.96. The van der Waals surface area contributed by atoms with Gasteiger partial charge in [-0.25, -0.2) is 4.79 Å². The van der Waals surface area contributed by atoms with E-state index in [1.54, 1.807) is 44.2 Å². The van der Waals surface area contributed by atoms with E-state index in [0.29, 0.717) is 5.56 Å². The fraction of sp³-hybridized carbons (Fsp3) is 0.500. The largest absolute Gasteiger partial charge is 0.481 e. The lowest BCUT2D eigenvalue weighted by Gasteiger charge is -2.27. The first-order valence-electron chi connectivity index (χ1n) is 10.7. The lowest BCUT2D eigenvalue weighted by molar-refractivity contribution is -0.143. The maximum atomic E-state index is 13.0. The van der Waals surface area contributed by atoms with E-state index >= 15 is 0 Å². The van der Waals surface area contributed by atoms with Crippen molar-refractivity contribution in [2.75, 3.05) is 5.75 Å². The highest BCUT2D eigenvalue weighted by Gasteiger charge is 2.31. The smallest absolute Gasteiger partial charge is 0.326 e. The zero-order valence-corrected chi connectivity index (χ0v) is 20.0. The summed E-state index contributed by atoms with van der Waals surface area (Å²) in [6, 6.07) is 4.17. The highest BCUT2D eigenvalue weighted by Crippen LogP contribution is 2.08. The van der Waals surface area contributed by atoms with Gasteiger partial charge in [0.1, 0.15) is 18.1 Å². The van der Waals surface area contributed by atoms with E-state index in [4.69, 9.17) is 10.8 Å². The summed E-state index contributed by atoms with van der Waals surface area (Å²) in [5.41, 5.74) is 6.36. The molecular weight excluding hydrogens is 464 g/mol. The zero-order chi connectivity index (χ0) is 25.8. The van der Waals surface area contributed by atoms with Crippen molar-refractivity contribution in [3.63, 3.8) is 0 Å². The predicted molar refractivity (Wildman–Crippen MR) is 127 cm³/mol. The van der Waals surface area contributed by atoms with Crippen LogP contribution in [0.1, 0.15) is 32.3 Å². The molecule has 3 amide bonds. The monoisotopic (exact) mass is 496 g/mol. The van der Waals surface area contributed by atoms with Gasteiger partial charge in [0.05, 0.1) is 6.04 Å². The average Bonchev–Trinajstić information content (AvgIpc) is 2.78. The van der Waals surface area contributed by atoms with Gasteiger partial charge in [-0.3, -0.25) is 19.2 Å². The lowest BCUT2D eigenvalue weighted by Crippen LogP contribution is -2.59. The number of hydrogen-bond donors (Lipinski definition) is 7. The topological polar surface area (TPSA) is 188 Å². The van der Waals surface area contributed by atoms with Crippen LogP contribution in [0.5, 0.6) is 0 Å².